The molecule has 0 saturated carbocycles. The number of nitrogens with zero attached hydrogens (tertiary/aromatic N) is 2. The maximum absolute atomic E-state index is 12.2. The fraction of sp³-hybridized carbons (Fsp3) is 0.200. The largest absolute Gasteiger partial charge is 0.352 e. The van der Waals surface area contributed by atoms with Crippen LogP contribution in [0.1, 0.15) is 28.8 Å². The maximum atomic E-state index is 12.2. The van der Waals surface area contributed by atoms with E-state index in [9.17, 15) is 9.59 Å². The Morgan fingerprint density at radius 1 is 1.18 bits per heavy atom. The Morgan fingerprint density at radius 2 is 2.00 bits per heavy atom. The van der Waals surface area contributed by atoms with E-state index in [0.29, 0.717) is 30.1 Å². The first-order valence-corrected chi connectivity index (χ1v) is 10.5. The normalized spacial score (nSPS) is 10.5. The fourth-order valence-corrected chi connectivity index (χ4v) is 3.89. The molecular formula is C20H20N4O2S2. The predicted molar refractivity (Wildman–Crippen MR) is 112 cm³/mol. The van der Waals surface area contributed by atoms with Crippen LogP contribution in [0.4, 0.5) is 5.69 Å². The van der Waals surface area contributed by atoms with Crippen molar-refractivity contribution in [2.75, 3.05) is 11.9 Å². The highest BCUT2D eigenvalue weighted by molar-refractivity contribution is 7.99. The van der Waals surface area contributed by atoms with E-state index in [1.165, 1.54) is 23.1 Å². The summed E-state index contributed by atoms with van der Waals surface area (Å²) in [5, 5.41) is 10.1. The Labute approximate surface area is 171 Å². The van der Waals surface area contributed by atoms with Crippen LogP contribution in [0.5, 0.6) is 0 Å². The number of benzene rings is 1. The van der Waals surface area contributed by atoms with Gasteiger partial charge in [-0.3, -0.25) is 9.59 Å². The topological polar surface area (TPSA) is 84.0 Å². The monoisotopic (exact) mass is 412 g/mol. The van der Waals surface area contributed by atoms with Gasteiger partial charge < -0.3 is 10.6 Å². The second-order valence-corrected chi connectivity index (χ2v) is 7.85. The van der Waals surface area contributed by atoms with Gasteiger partial charge in [0.2, 0.25) is 5.91 Å². The van der Waals surface area contributed by atoms with Crippen LogP contribution < -0.4 is 10.6 Å². The molecule has 3 rings (SSSR count). The molecule has 0 saturated heterocycles. The first-order valence-electron chi connectivity index (χ1n) is 8.77. The number of nitrogens with one attached hydrogen (secondary N) is 2. The minimum absolute atomic E-state index is 0.0697. The number of carbonyl (C=O) groups is 2. The molecule has 0 atom stereocenters. The van der Waals surface area contributed by atoms with E-state index in [2.05, 4.69) is 20.6 Å². The summed E-state index contributed by atoms with van der Waals surface area (Å²) in [6.07, 6.45) is 4.34. The molecule has 6 nitrogen and oxygen atoms in total. The Bertz CT molecular complexity index is 931. The lowest BCUT2D eigenvalue weighted by atomic mass is 10.2. The van der Waals surface area contributed by atoms with Crippen LogP contribution in [-0.2, 0) is 4.79 Å². The molecule has 0 unspecified atom stereocenters. The van der Waals surface area contributed by atoms with E-state index < -0.39 is 0 Å². The average Bonchev–Trinajstić information content (AvgIpc) is 3.23. The van der Waals surface area contributed by atoms with E-state index in [1.807, 2.05) is 30.5 Å². The zero-order valence-electron chi connectivity index (χ0n) is 15.3. The zero-order chi connectivity index (χ0) is 19.8. The quantitative estimate of drug-likeness (QED) is 0.429. The molecule has 0 aliphatic rings. The number of rotatable bonds is 8. The molecule has 3 aromatic rings. The molecule has 2 heterocycles. The van der Waals surface area contributed by atoms with Gasteiger partial charge in [0.05, 0.1) is 0 Å². The molecule has 0 bridgehead atoms. The van der Waals surface area contributed by atoms with Crippen molar-refractivity contribution >= 4 is 40.6 Å². The molecule has 0 spiro atoms. The van der Waals surface area contributed by atoms with Gasteiger partial charge in [0.1, 0.15) is 0 Å². The summed E-state index contributed by atoms with van der Waals surface area (Å²) in [7, 11) is 0. The number of carbonyl (C=O) groups excluding carboxylic acids is 2. The number of anilines is 1. The molecule has 2 N–H and O–H groups in total. The van der Waals surface area contributed by atoms with Gasteiger partial charge in [0.15, 0.2) is 5.16 Å². The van der Waals surface area contributed by atoms with Crippen LogP contribution in [0, 0.1) is 6.92 Å². The first-order chi connectivity index (χ1) is 13.6. The summed E-state index contributed by atoms with van der Waals surface area (Å²) in [5.74, 6) is -0.173. The molecule has 0 aliphatic heterocycles. The van der Waals surface area contributed by atoms with Crippen molar-refractivity contribution < 1.29 is 9.59 Å². The number of hydrogen-bond donors (Lipinski definition) is 2. The van der Waals surface area contributed by atoms with Gasteiger partial charge in [0, 0.05) is 46.9 Å². The summed E-state index contributed by atoms with van der Waals surface area (Å²) < 4.78 is 0. The average molecular weight is 413 g/mol. The van der Waals surface area contributed by atoms with Crippen molar-refractivity contribution in [2.45, 2.75) is 29.8 Å². The maximum Gasteiger partial charge on any atom is 0.252 e. The fourth-order valence-electron chi connectivity index (χ4n) is 2.44. The molecule has 144 valence electrons. The van der Waals surface area contributed by atoms with E-state index in [0.717, 1.165) is 16.1 Å². The molecule has 0 aliphatic carbocycles. The molecule has 2 aromatic heterocycles. The van der Waals surface area contributed by atoms with Gasteiger partial charge in [-0.05, 0) is 66.4 Å². The first kappa shape index (κ1) is 20.0. The van der Waals surface area contributed by atoms with Crippen LogP contribution in [0.15, 0.2) is 63.5 Å². The lowest BCUT2D eigenvalue weighted by molar-refractivity contribution is -0.116. The minimum Gasteiger partial charge on any atom is -0.352 e. The van der Waals surface area contributed by atoms with Crippen LogP contribution in [0.3, 0.4) is 0 Å². The SMILES string of the molecule is Cc1cc(Sc2ncccn2)ccc1NC(=O)CCCNC(=O)c1ccsc1. The van der Waals surface area contributed by atoms with Gasteiger partial charge in [0.25, 0.3) is 5.91 Å². The zero-order valence-corrected chi connectivity index (χ0v) is 17.0. The number of thiophene rings is 1. The van der Waals surface area contributed by atoms with Crippen molar-refractivity contribution in [1.82, 2.24) is 15.3 Å². The molecule has 8 heteroatoms. The Balaban J connectivity index is 1.44. The Morgan fingerprint density at radius 3 is 2.71 bits per heavy atom. The Hall–Kier alpha value is -2.71. The number of aryl methyl sites for hydroxylation is 1. The smallest absolute Gasteiger partial charge is 0.252 e. The summed E-state index contributed by atoms with van der Waals surface area (Å²) >= 11 is 2.96. The lowest BCUT2D eigenvalue weighted by Crippen LogP contribution is -2.25. The molecule has 0 radical (unpaired) electrons. The van der Waals surface area contributed by atoms with Crippen molar-refractivity contribution in [3.63, 3.8) is 0 Å². The number of hydrogen-bond acceptors (Lipinski definition) is 6. The number of aromatic nitrogens is 2. The third-order valence-electron chi connectivity index (χ3n) is 3.87. The van der Waals surface area contributed by atoms with Gasteiger partial charge in [-0.15, -0.1) is 0 Å². The van der Waals surface area contributed by atoms with Gasteiger partial charge in [-0.1, -0.05) is 0 Å². The van der Waals surface area contributed by atoms with Gasteiger partial charge in [-0.25, -0.2) is 9.97 Å². The van der Waals surface area contributed by atoms with E-state index in [4.69, 9.17) is 0 Å². The predicted octanol–water partition coefficient (Wildman–Crippen LogP) is 4.15. The van der Waals surface area contributed by atoms with E-state index in [1.54, 1.807) is 29.9 Å². The molecule has 1 aromatic carbocycles. The third kappa shape index (κ3) is 5.90. The summed E-state index contributed by atoms with van der Waals surface area (Å²) in [4.78, 5) is 33.4. The van der Waals surface area contributed by atoms with Crippen LogP contribution in [0.25, 0.3) is 0 Å². The van der Waals surface area contributed by atoms with Crippen LogP contribution in [0.2, 0.25) is 0 Å². The molecule has 0 fully saturated rings. The van der Waals surface area contributed by atoms with Crippen LogP contribution in [-0.4, -0.2) is 28.3 Å². The molecule has 2 amide bonds. The van der Waals surface area contributed by atoms with Crippen molar-refractivity contribution in [1.29, 1.82) is 0 Å². The lowest BCUT2D eigenvalue weighted by Gasteiger charge is -2.10. The van der Waals surface area contributed by atoms with E-state index in [-0.39, 0.29) is 11.8 Å². The number of amides is 2. The Kier molecular flexibility index (Phi) is 7.16. The third-order valence-corrected chi connectivity index (χ3v) is 5.44. The standard InChI is InChI=1S/C20H20N4O2S2/c1-14-12-16(28-20-22-9-3-10-23-20)5-6-17(14)24-18(25)4-2-8-21-19(26)15-7-11-27-13-15/h3,5-7,9-13H,2,4,8H2,1H3,(H,21,26)(H,24,25). The highest BCUT2D eigenvalue weighted by Gasteiger charge is 2.08. The summed E-state index contributed by atoms with van der Waals surface area (Å²) in [6, 6.07) is 9.38. The molecular weight excluding hydrogens is 392 g/mol. The summed E-state index contributed by atoms with van der Waals surface area (Å²) in [5.41, 5.74) is 2.41. The molecule has 28 heavy (non-hydrogen) atoms. The second-order valence-electron chi connectivity index (χ2n) is 6.03. The second kappa shape index (κ2) is 10.0. The van der Waals surface area contributed by atoms with Crippen LogP contribution >= 0.6 is 23.1 Å². The van der Waals surface area contributed by atoms with Crippen molar-refractivity contribution in [3.8, 4) is 0 Å². The van der Waals surface area contributed by atoms with E-state index >= 15 is 0 Å². The van der Waals surface area contributed by atoms with Crippen molar-refractivity contribution in [3.05, 3.63) is 64.6 Å². The highest BCUT2D eigenvalue weighted by atomic mass is 32.2. The van der Waals surface area contributed by atoms with Gasteiger partial charge in [-0.2, -0.15) is 11.3 Å². The minimum atomic E-state index is -0.104. The highest BCUT2D eigenvalue weighted by Crippen LogP contribution is 2.27. The summed E-state index contributed by atoms with van der Waals surface area (Å²) in [6.45, 7) is 2.42. The van der Waals surface area contributed by atoms with Gasteiger partial charge >= 0.3 is 0 Å². The van der Waals surface area contributed by atoms with Crippen molar-refractivity contribution in [2.24, 2.45) is 0 Å².